The van der Waals surface area contributed by atoms with Crippen LogP contribution in [0.15, 0.2) is 77.8 Å². The molecule has 0 saturated heterocycles. The Bertz CT molecular complexity index is 990. The first-order valence-electron chi connectivity index (χ1n) is 11.5. The number of phenols is 1. The Kier molecular flexibility index (Phi) is 7.68. The Hall–Kier alpha value is -2.87. The molecule has 0 radical (unpaired) electrons. The van der Waals surface area contributed by atoms with Crippen LogP contribution in [0.2, 0.25) is 0 Å². The summed E-state index contributed by atoms with van der Waals surface area (Å²) in [4.78, 5) is 4.82. The van der Waals surface area contributed by atoms with E-state index in [0.717, 1.165) is 28.7 Å². The molecular weight excluding hydrogens is 378 g/mol. The van der Waals surface area contributed by atoms with Crippen LogP contribution in [0.25, 0.3) is 11.1 Å². The van der Waals surface area contributed by atoms with E-state index in [2.05, 4.69) is 64.1 Å². The highest BCUT2D eigenvalue weighted by Crippen LogP contribution is 2.41. The second-order valence-electron chi connectivity index (χ2n) is 8.90. The fourth-order valence-corrected chi connectivity index (χ4v) is 4.09. The van der Waals surface area contributed by atoms with Gasteiger partial charge in [-0.25, -0.2) is 0 Å². The molecular formula is C29H35NO. The van der Waals surface area contributed by atoms with Gasteiger partial charge in [-0.3, -0.25) is 4.99 Å². The predicted octanol–water partition coefficient (Wildman–Crippen LogP) is 7.77. The molecule has 162 valence electrons. The van der Waals surface area contributed by atoms with Crippen molar-refractivity contribution in [2.45, 2.75) is 64.8 Å². The van der Waals surface area contributed by atoms with E-state index in [9.17, 15) is 5.11 Å². The highest BCUT2D eigenvalue weighted by Gasteiger charge is 2.28. The number of benzene rings is 3. The van der Waals surface area contributed by atoms with Crippen LogP contribution >= 0.6 is 0 Å². The fourth-order valence-electron chi connectivity index (χ4n) is 4.09. The van der Waals surface area contributed by atoms with Crippen LogP contribution in [-0.4, -0.2) is 17.4 Å². The smallest absolute Gasteiger partial charge is 0.129 e. The van der Waals surface area contributed by atoms with Gasteiger partial charge in [-0.15, -0.1) is 0 Å². The summed E-state index contributed by atoms with van der Waals surface area (Å²) in [5, 5.41) is 11.5. The summed E-state index contributed by atoms with van der Waals surface area (Å²) in [6.07, 6.45) is 6.60. The number of aromatic hydroxyl groups is 1. The zero-order valence-corrected chi connectivity index (χ0v) is 19.3. The van der Waals surface area contributed by atoms with E-state index in [1.54, 1.807) is 0 Å². The molecule has 2 heteroatoms. The molecule has 0 fully saturated rings. The van der Waals surface area contributed by atoms with Crippen LogP contribution in [0.5, 0.6) is 5.75 Å². The van der Waals surface area contributed by atoms with E-state index in [4.69, 9.17) is 4.99 Å². The molecule has 0 aliphatic rings. The van der Waals surface area contributed by atoms with Gasteiger partial charge >= 0.3 is 0 Å². The molecule has 0 saturated carbocycles. The maximum atomic E-state index is 11.5. The standard InChI is InChI=1S/C29H35NO/c1-5-6-9-14-22(2)30-21-26-25(23-15-10-7-11-16-23)19-20-27(28(26)31)29(3,4)24-17-12-8-13-18-24/h7-8,10-13,15-22,31H,5-6,9,14H2,1-4H3. The van der Waals surface area contributed by atoms with Gasteiger partial charge in [0, 0.05) is 28.8 Å². The lowest BCUT2D eigenvalue weighted by atomic mass is 9.76. The SMILES string of the molecule is CCCCCC(C)N=Cc1c(-c2ccccc2)ccc(C(C)(C)c2ccccc2)c1O. The molecule has 2 nitrogen and oxygen atoms in total. The normalized spacial score (nSPS) is 12.9. The third-order valence-electron chi connectivity index (χ3n) is 6.15. The summed E-state index contributed by atoms with van der Waals surface area (Å²) in [6.45, 7) is 8.70. The van der Waals surface area contributed by atoms with Crippen molar-refractivity contribution < 1.29 is 5.11 Å². The summed E-state index contributed by atoms with van der Waals surface area (Å²) in [5.41, 5.74) is 4.66. The van der Waals surface area contributed by atoms with Gasteiger partial charge in [0.05, 0.1) is 0 Å². The van der Waals surface area contributed by atoms with Crippen LogP contribution in [0, 0.1) is 0 Å². The van der Waals surface area contributed by atoms with Crippen molar-refractivity contribution in [2.24, 2.45) is 4.99 Å². The van der Waals surface area contributed by atoms with Gasteiger partial charge in [0.25, 0.3) is 0 Å². The van der Waals surface area contributed by atoms with E-state index in [0.29, 0.717) is 5.75 Å². The summed E-state index contributed by atoms with van der Waals surface area (Å²) < 4.78 is 0. The minimum Gasteiger partial charge on any atom is -0.507 e. The molecule has 3 aromatic rings. The summed E-state index contributed by atoms with van der Waals surface area (Å²) in [5.74, 6) is 0.319. The molecule has 3 rings (SSSR count). The van der Waals surface area contributed by atoms with Crippen LogP contribution in [0.3, 0.4) is 0 Å². The van der Waals surface area contributed by atoms with E-state index in [1.807, 2.05) is 42.6 Å². The van der Waals surface area contributed by atoms with Gasteiger partial charge in [0.1, 0.15) is 5.75 Å². The maximum absolute atomic E-state index is 11.5. The maximum Gasteiger partial charge on any atom is 0.129 e. The molecule has 0 amide bonds. The van der Waals surface area contributed by atoms with Crippen molar-refractivity contribution in [3.05, 3.63) is 89.5 Å². The van der Waals surface area contributed by atoms with Crippen LogP contribution < -0.4 is 0 Å². The zero-order chi connectivity index (χ0) is 22.3. The van der Waals surface area contributed by atoms with Crippen molar-refractivity contribution in [3.8, 4) is 16.9 Å². The Morgan fingerprint density at radius 3 is 2.19 bits per heavy atom. The van der Waals surface area contributed by atoms with Crippen LogP contribution in [0.4, 0.5) is 0 Å². The molecule has 0 aliphatic carbocycles. The monoisotopic (exact) mass is 413 g/mol. The summed E-state index contributed by atoms with van der Waals surface area (Å²) in [7, 11) is 0. The zero-order valence-electron chi connectivity index (χ0n) is 19.3. The van der Waals surface area contributed by atoms with Crippen molar-refractivity contribution in [2.75, 3.05) is 0 Å². The first-order chi connectivity index (χ1) is 14.9. The molecule has 1 N–H and O–H groups in total. The minimum atomic E-state index is -0.324. The lowest BCUT2D eigenvalue weighted by Crippen LogP contribution is -2.19. The van der Waals surface area contributed by atoms with E-state index in [-0.39, 0.29) is 11.5 Å². The molecule has 1 unspecified atom stereocenters. The lowest BCUT2D eigenvalue weighted by Gasteiger charge is -2.28. The topological polar surface area (TPSA) is 32.6 Å². The Labute approximate surface area is 187 Å². The molecule has 0 heterocycles. The van der Waals surface area contributed by atoms with E-state index >= 15 is 0 Å². The number of hydrogen-bond acceptors (Lipinski definition) is 2. The van der Waals surface area contributed by atoms with Crippen molar-refractivity contribution in [3.63, 3.8) is 0 Å². The molecule has 1 atom stereocenters. The number of aliphatic imine (C=N–C) groups is 1. The molecule has 0 spiro atoms. The highest BCUT2D eigenvalue weighted by atomic mass is 16.3. The number of nitrogens with zero attached hydrogens (tertiary/aromatic N) is 1. The Balaban J connectivity index is 2.05. The molecule has 31 heavy (non-hydrogen) atoms. The van der Waals surface area contributed by atoms with E-state index < -0.39 is 0 Å². The number of unbranched alkanes of at least 4 members (excludes halogenated alkanes) is 2. The molecule has 3 aromatic carbocycles. The summed E-state index contributed by atoms with van der Waals surface area (Å²) in [6, 6.07) is 25.0. The van der Waals surface area contributed by atoms with Crippen molar-refractivity contribution in [1.82, 2.24) is 0 Å². The minimum absolute atomic E-state index is 0.236. The number of phenolic OH excluding ortho intramolecular Hbond substituents is 1. The summed E-state index contributed by atoms with van der Waals surface area (Å²) >= 11 is 0. The van der Waals surface area contributed by atoms with E-state index in [1.165, 1.54) is 24.8 Å². The fraction of sp³-hybridized carbons (Fsp3) is 0.345. The molecule has 0 aromatic heterocycles. The Morgan fingerprint density at radius 1 is 0.903 bits per heavy atom. The van der Waals surface area contributed by atoms with Crippen LogP contribution in [0.1, 0.15) is 70.1 Å². The lowest BCUT2D eigenvalue weighted by molar-refractivity contribution is 0.452. The number of rotatable bonds is 9. The van der Waals surface area contributed by atoms with Gasteiger partial charge < -0.3 is 5.11 Å². The quantitative estimate of drug-likeness (QED) is 0.282. The van der Waals surface area contributed by atoms with Gasteiger partial charge in [-0.1, -0.05) is 113 Å². The molecule has 0 bridgehead atoms. The second-order valence-corrected chi connectivity index (χ2v) is 8.90. The van der Waals surface area contributed by atoms with Gasteiger partial charge in [-0.05, 0) is 30.0 Å². The van der Waals surface area contributed by atoms with Crippen molar-refractivity contribution in [1.29, 1.82) is 0 Å². The van der Waals surface area contributed by atoms with Crippen molar-refractivity contribution >= 4 is 6.21 Å². The van der Waals surface area contributed by atoms with Crippen LogP contribution in [-0.2, 0) is 5.41 Å². The average molecular weight is 414 g/mol. The first kappa shape index (κ1) is 22.8. The highest BCUT2D eigenvalue weighted by molar-refractivity contribution is 5.94. The average Bonchev–Trinajstić information content (AvgIpc) is 2.79. The third-order valence-corrected chi connectivity index (χ3v) is 6.15. The third kappa shape index (κ3) is 5.44. The van der Waals surface area contributed by atoms with Gasteiger partial charge in [0.15, 0.2) is 0 Å². The number of hydrogen-bond donors (Lipinski definition) is 1. The molecule has 0 aliphatic heterocycles. The van der Waals surface area contributed by atoms with Gasteiger partial charge in [-0.2, -0.15) is 0 Å². The van der Waals surface area contributed by atoms with Gasteiger partial charge in [0.2, 0.25) is 0 Å². The first-order valence-corrected chi connectivity index (χ1v) is 11.5. The second kappa shape index (κ2) is 10.4. The Morgan fingerprint density at radius 2 is 1.55 bits per heavy atom. The largest absolute Gasteiger partial charge is 0.507 e. The predicted molar refractivity (Wildman–Crippen MR) is 133 cm³/mol.